The zero-order valence-electron chi connectivity index (χ0n) is 20.5. The van der Waals surface area contributed by atoms with Crippen LogP contribution < -0.4 is 16.0 Å². The molecule has 0 aliphatic heterocycles. The van der Waals surface area contributed by atoms with Crippen molar-refractivity contribution in [3.05, 3.63) is 62.3 Å². The molecule has 0 aliphatic rings. The van der Waals surface area contributed by atoms with Crippen molar-refractivity contribution in [3.8, 4) is 29.2 Å². The molecule has 0 saturated carbocycles. The van der Waals surface area contributed by atoms with Gasteiger partial charge in [-0.1, -0.05) is 31.8 Å². The molecular formula is C25H25F3N6O3. The number of fused-ring (bicyclic) bond motifs is 1. The third-order valence-electron chi connectivity index (χ3n) is 5.55. The number of benzene rings is 1. The van der Waals surface area contributed by atoms with Crippen molar-refractivity contribution >= 4 is 11.2 Å². The van der Waals surface area contributed by atoms with Gasteiger partial charge in [-0.2, -0.15) is 18.3 Å². The number of ether oxygens (including phenoxy) is 1. The summed E-state index contributed by atoms with van der Waals surface area (Å²) in [5.41, 5.74) is -0.521. The Balaban J connectivity index is 1.59. The number of hydrogen-bond donors (Lipinski definition) is 1. The van der Waals surface area contributed by atoms with E-state index in [2.05, 4.69) is 26.9 Å². The van der Waals surface area contributed by atoms with E-state index in [9.17, 15) is 22.8 Å². The van der Waals surface area contributed by atoms with Gasteiger partial charge in [0.1, 0.15) is 11.2 Å². The zero-order chi connectivity index (χ0) is 26.7. The van der Waals surface area contributed by atoms with Crippen LogP contribution in [0.4, 0.5) is 13.2 Å². The van der Waals surface area contributed by atoms with E-state index in [0.29, 0.717) is 43.3 Å². The molecule has 4 rings (SSSR count). The molecule has 0 spiro atoms. The van der Waals surface area contributed by atoms with E-state index < -0.39 is 23.0 Å². The van der Waals surface area contributed by atoms with E-state index in [4.69, 9.17) is 4.74 Å². The predicted molar refractivity (Wildman–Crippen MR) is 131 cm³/mol. The van der Waals surface area contributed by atoms with Crippen molar-refractivity contribution in [2.75, 3.05) is 6.61 Å². The van der Waals surface area contributed by atoms with E-state index in [1.807, 2.05) is 13.8 Å². The second-order valence-corrected chi connectivity index (χ2v) is 8.34. The van der Waals surface area contributed by atoms with Gasteiger partial charge in [0.15, 0.2) is 18.1 Å². The van der Waals surface area contributed by atoms with Crippen molar-refractivity contribution in [2.45, 2.75) is 46.0 Å². The second kappa shape index (κ2) is 10.4. The van der Waals surface area contributed by atoms with Gasteiger partial charge in [0.25, 0.3) is 5.56 Å². The lowest BCUT2D eigenvalue weighted by atomic mass is 10.1. The summed E-state index contributed by atoms with van der Waals surface area (Å²) in [6, 6.07) is 6.33. The van der Waals surface area contributed by atoms with E-state index in [1.54, 1.807) is 13.1 Å². The number of nitrogens with one attached hydrogen (secondary N) is 1. The molecule has 0 bridgehead atoms. The minimum atomic E-state index is -4.44. The van der Waals surface area contributed by atoms with Crippen LogP contribution in [-0.4, -0.2) is 35.5 Å². The lowest BCUT2D eigenvalue weighted by Gasteiger charge is -2.09. The number of rotatable bonds is 7. The van der Waals surface area contributed by atoms with Crippen molar-refractivity contribution < 1.29 is 17.9 Å². The Morgan fingerprint density at radius 2 is 1.81 bits per heavy atom. The van der Waals surface area contributed by atoms with Gasteiger partial charge in [-0.05, 0) is 31.0 Å². The SMILES string of the molecule is CCCn1c(=O)c2[nH]c(-c3cc(OCC#Cc4cccc(C(F)(F)F)c4)n(C)n3)nc2n(CCC)c1=O. The molecule has 0 fully saturated rings. The fraction of sp³-hybridized carbons (Fsp3) is 0.360. The molecule has 3 heterocycles. The van der Waals surface area contributed by atoms with Gasteiger partial charge in [-0.3, -0.25) is 13.9 Å². The zero-order valence-corrected chi connectivity index (χ0v) is 20.5. The Morgan fingerprint density at radius 1 is 1.08 bits per heavy atom. The molecule has 4 aromatic rings. The molecule has 0 aliphatic carbocycles. The van der Waals surface area contributed by atoms with Crippen LogP contribution in [0.5, 0.6) is 5.88 Å². The van der Waals surface area contributed by atoms with Crippen LogP contribution in [0.3, 0.4) is 0 Å². The Hall–Kier alpha value is -4.27. The molecule has 1 aromatic carbocycles. The summed E-state index contributed by atoms with van der Waals surface area (Å²) < 4.78 is 48.4. The molecule has 12 heteroatoms. The number of aryl methyl sites for hydroxylation is 2. The second-order valence-electron chi connectivity index (χ2n) is 8.34. The van der Waals surface area contributed by atoms with Gasteiger partial charge < -0.3 is 9.72 Å². The highest BCUT2D eigenvalue weighted by molar-refractivity contribution is 5.74. The minimum absolute atomic E-state index is 0.0902. The predicted octanol–water partition coefficient (Wildman–Crippen LogP) is 3.56. The summed E-state index contributed by atoms with van der Waals surface area (Å²) in [6.45, 7) is 4.43. The average molecular weight is 515 g/mol. The number of aromatic amines is 1. The summed E-state index contributed by atoms with van der Waals surface area (Å²) in [4.78, 5) is 33.3. The molecular weight excluding hydrogens is 489 g/mol. The van der Waals surface area contributed by atoms with Crippen LogP contribution in [-0.2, 0) is 26.3 Å². The number of H-pyrrole nitrogens is 1. The number of alkyl halides is 3. The first-order chi connectivity index (χ1) is 17.6. The first-order valence-corrected chi connectivity index (χ1v) is 11.7. The van der Waals surface area contributed by atoms with E-state index in [-0.39, 0.29) is 23.3 Å². The third kappa shape index (κ3) is 5.30. The quantitative estimate of drug-likeness (QED) is 0.380. The van der Waals surface area contributed by atoms with Gasteiger partial charge in [0.2, 0.25) is 5.88 Å². The Bertz CT molecular complexity index is 1620. The summed E-state index contributed by atoms with van der Waals surface area (Å²) in [5, 5.41) is 4.37. The normalized spacial score (nSPS) is 11.5. The van der Waals surface area contributed by atoms with Crippen molar-refractivity contribution in [1.82, 2.24) is 28.9 Å². The highest BCUT2D eigenvalue weighted by Crippen LogP contribution is 2.29. The Labute approximate surface area is 209 Å². The van der Waals surface area contributed by atoms with Gasteiger partial charge >= 0.3 is 11.9 Å². The van der Waals surface area contributed by atoms with E-state index in [0.717, 1.165) is 12.1 Å². The molecule has 0 amide bonds. The van der Waals surface area contributed by atoms with Gasteiger partial charge in [-0.25, -0.2) is 14.5 Å². The van der Waals surface area contributed by atoms with Crippen LogP contribution in [0.25, 0.3) is 22.7 Å². The highest BCUT2D eigenvalue weighted by Gasteiger charge is 2.30. The number of imidazole rings is 1. The van der Waals surface area contributed by atoms with Crippen LogP contribution in [0, 0.1) is 11.8 Å². The molecule has 37 heavy (non-hydrogen) atoms. The number of halogens is 3. The Kier molecular flexibility index (Phi) is 7.24. The summed E-state index contributed by atoms with van der Waals surface area (Å²) in [6.07, 6.45) is -3.12. The first-order valence-electron chi connectivity index (χ1n) is 11.7. The van der Waals surface area contributed by atoms with Gasteiger partial charge in [0, 0.05) is 31.8 Å². The lowest BCUT2D eigenvalue weighted by molar-refractivity contribution is -0.137. The maximum Gasteiger partial charge on any atom is 0.416 e. The standard InChI is InChI=1S/C25H25F3N6O3/c1-4-11-33-22-20(23(35)34(12-5-2)24(33)36)29-21(30-22)18-15-19(32(3)31-18)37-13-7-9-16-8-6-10-17(14-16)25(26,27)28/h6,8,10,14-15H,4-5,11-13H2,1-3H3,(H,29,30). The molecule has 0 saturated heterocycles. The smallest absolute Gasteiger partial charge is 0.416 e. The number of aromatic nitrogens is 6. The van der Waals surface area contributed by atoms with Crippen LogP contribution in [0.1, 0.15) is 37.8 Å². The van der Waals surface area contributed by atoms with E-state index >= 15 is 0 Å². The van der Waals surface area contributed by atoms with E-state index in [1.165, 1.54) is 25.9 Å². The fourth-order valence-corrected chi connectivity index (χ4v) is 3.86. The molecule has 0 radical (unpaired) electrons. The largest absolute Gasteiger partial charge is 0.465 e. The summed E-state index contributed by atoms with van der Waals surface area (Å²) in [7, 11) is 1.64. The van der Waals surface area contributed by atoms with Gasteiger partial charge in [0.05, 0.1) is 5.56 Å². The highest BCUT2D eigenvalue weighted by atomic mass is 19.4. The maximum absolute atomic E-state index is 12.9. The van der Waals surface area contributed by atoms with Crippen molar-refractivity contribution in [3.63, 3.8) is 0 Å². The molecule has 194 valence electrons. The molecule has 3 aromatic heterocycles. The topological polar surface area (TPSA) is 99.7 Å². The average Bonchev–Trinajstić information content (AvgIpc) is 3.46. The first kappa shape index (κ1) is 25.8. The van der Waals surface area contributed by atoms with Gasteiger partial charge in [-0.15, -0.1) is 0 Å². The number of nitrogens with zero attached hydrogens (tertiary/aromatic N) is 5. The Morgan fingerprint density at radius 3 is 2.51 bits per heavy atom. The molecule has 1 N–H and O–H groups in total. The van der Waals surface area contributed by atoms with Crippen molar-refractivity contribution in [2.24, 2.45) is 7.05 Å². The maximum atomic E-state index is 12.9. The molecule has 0 atom stereocenters. The monoisotopic (exact) mass is 514 g/mol. The third-order valence-corrected chi connectivity index (χ3v) is 5.55. The van der Waals surface area contributed by atoms with Crippen LogP contribution >= 0.6 is 0 Å². The fourth-order valence-electron chi connectivity index (χ4n) is 3.86. The van der Waals surface area contributed by atoms with Crippen LogP contribution in [0.2, 0.25) is 0 Å². The summed E-state index contributed by atoms with van der Waals surface area (Å²) >= 11 is 0. The lowest BCUT2D eigenvalue weighted by Crippen LogP contribution is -2.40. The molecule has 0 unspecified atom stereocenters. The van der Waals surface area contributed by atoms with Crippen molar-refractivity contribution in [1.29, 1.82) is 0 Å². The molecule has 9 nitrogen and oxygen atoms in total. The minimum Gasteiger partial charge on any atom is -0.465 e. The number of hydrogen-bond acceptors (Lipinski definition) is 5. The van der Waals surface area contributed by atoms with Crippen LogP contribution in [0.15, 0.2) is 39.9 Å². The summed E-state index contributed by atoms with van der Waals surface area (Å²) in [5.74, 6) is 5.98.